The highest BCUT2D eigenvalue weighted by Crippen LogP contribution is 2.17. The number of anilines is 1. The van der Waals surface area contributed by atoms with Gasteiger partial charge in [-0.3, -0.25) is 9.59 Å². The Bertz CT molecular complexity index is 772. The fraction of sp³-hybridized carbons (Fsp3) is 0.118. The van der Waals surface area contributed by atoms with Crippen molar-refractivity contribution in [2.24, 2.45) is 5.10 Å². The maximum Gasteiger partial charge on any atom is 0.329 e. The molecule has 6 heteroatoms. The van der Waals surface area contributed by atoms with E-state index in [0.29, 0.717) is 5.69 Å². The van der Waals surface area contributed by atoms with Crippen LogP contribution in [0.4, 0.5) is 5.69 Å². The number of hydrogen-bond acceptors (Lipinski definition) is 3. The van der Waals surface area contributed by atoms with Gasteiger partial charge in [0.15, 0.2) is 0 Å². The molecule has 0 heterocycles. The molecule has 0 atom stereocenters. The van der Waals surface area contributed by atoms with Crippen LogP contribution in [0.25, 0.3) is 0 Å². The van der Waals surface area contributed by atoms with Gasteiger partial charge < -0.3 is 5.32 Å². The van der Waals surface area contributed by atoms with E-state index in [4.69, 9.17) is 0 Å². The van der Waals surface area contributed by atoms with E-state index in [-0.39, 0.29) is 0 Å². The zero-order valence-corrected chi connectivity index (χ0v) is 14.9. The monoisotopic (exact) mass is 421 g/mol. The number of nitrogens with zero attached hydrogens (tertiary/aromatic N) is 1. The molecule has 118 valence electrons. The molecule has 2 amide bonds. The van der Waals surface area contributed by atoms with E-state index in [1.165, 1.54) is 6.21 Å². The lowest BCUT2D eigenvalue weighted by Gasteiger charge is -2.09. The molecule has 2 aromatic rings. The fourth-order valence-corrected chi connectivity index (χ4v) is 2.44. The van der Waals surface area contributed by atoms with E-state index in [0.717, 1.165) is 20.3 Å². The third-order valence-corrected chi connectivity index (χ3v) is 3.96. The smallest absolute Gasteiger partial charge is 0.317 e. The maximum absolute atomic E-state index is 11.9. The Morgan fingerprint density at radius 3 is 2.57 bits per heavy atom. The largest absolute Gasteiger partial charge is 0.329 e. The van der Waals surface area contributed by atoms with Crippen molar-refractivity contribution in [1.29, 1.82) is 0 Å². The van der Waals surface area contributed by atoms with Gasteiger partial charge in [0.05, 0.1) is 6.21 Å². The minimum atomic E-state index is -0.812. The highest BCUT2D eigenvalue weighted by Gasteiger charge is 2.14. The van der Waals surface area contributed by atoms with Gasteiger partial charge in [0.25, 0.3) is 0 Å². The molecule has 0 aliphatic carbocycles. The van der Waals surface area contributed by atoms with Crippen molar-refractivity contribution in [3.8, 4) is 0 Å². The van der Waals surface area contributed by atoms with Gasteiger partial charge in [-0.1, -0.05) is 24.3 Å². The van der Waals surface area contributed by atoms with E-state index in [1.807, 2.05) is 50.2 Å². The summed E-state index contributed by atoms with van der Waals surface area (Å²) in [7, 11) is 0. The van der Waals surface area contributed by atoms with E-state index in [2.05, 4.69) is 38.4 Å². The van der Waals surface area contributed by atoms with Crippen molar-refractivity contribution >= 4 is 46.3 Å². The summed E-state index contributed by atoms with van der Waals surface area (Å²) in [6.45, 7) is 3.83. The second kappa shape index (κ2) is 7.87. The number of rotatable bonds is 3. The Labute approximate surface area is 148 Å². The Hall–Kier alpha value is -2.22. The predicted molar refractivity (Wildman–Crippen MR) is 99.4 cm³/mol. The molecule has 2 aromatic carbocycles. The molecular weight excluding hydrogens is 405 g/mol. The molecular formula is C17H16IN3O2. The SMILES string of the molecule is Cc1cccc(NC(=O)C(=O)N/N=C\c2cccc(I)c2)c1C. The summed E-state index contributed by atoms with van der Waals surface area (Å²) in [6, 6.07) is 13.1. The van der Waals surface area contributed by atoms with E-state index >= 15 is 0 Å². The number of nitrogens with one attached hydrogen (secondary N) is 2. The first-order valence-corrected chi connectivity index (χ1v) is 8.01. The number of halogens is 1. The van der Waals surface area contributed by atoms with Crippen LogP contribution >= 0.6 is 22.6 Å². The summed E-state index contributed by atoms with van der Waals surface area (Å²) in [5, 5.41) is 6.38. The Morgan fingerprint density at radius 1 is 1.09 bits per heavy atom. The third-order valence-electron chi connectivity index (χ3n) is 3.29. The molecule has 2 N–H and O–H groups in total. The standard InChI is InChI=1S/C17H16IN3O2/c1-11-5-3-8-15(12(11)2)20-16(22)17(23)21-19-10-13-6-4-7-14(18)9-13/h3-10H,1-2H3,(H,20,22)(H,21,23)/b19-10-. The second-order valence-electron chi connectivity index (χ2n) is 4.96. The molecule has 23 heavy (non-hydrogen) atoms. The molecule has 0 saturated carbocycles. The van der Waals surface area contributed by atoms with Gasteiger partial charge in [-0.2, -0.15) is 5.10 Å². The molecule has 0 radical (unpaired) electrons. The molecule has 5 nitrogen and oxygen atoms in total. The van der Waals surface area contributed by atoms with Gasteiger partial charge in [-0.15, -0.1) is 0 Å². The predicted octanol–water partition coefficient (Wildman–Crippen LogP) is 3.00. The summed E-state index contributed by atoms with van der Waals surface area (Å²) in [6.07, 6.45) is 1.49. The molecule has 0 saturated heterocycles. The van der Waals surface area contributed by atoms with Crippen molar-refractivity contribution in [3.05, 3.63) is 62.7 Å². The number of carbonyl (C=O) groups is 2. The maximum atomic E-state index is 11.9. The van der Waals surface area contributed by atoms with Crippen LogP contribution in [0.15, 0.2) is 47.6 Å². The number of carbonyl (C=O) groups excluding carboxylic acids is 2. The number of amides is 2. The highest BCUT2D eigenvalue weighted by molar-refractivity contribution is 14.1. The second-order valence-corrected chi connectivity index (χ2v) is 6.20. The highest BCUT2D eigenvalue weighted by atomic mass is 127. The zero-order chi connectivity index (χ0) is 16.8. The van der Waals surface area contributed by atoms with E-state index in [1.54, 1.807) is 6.07 Å². The lowest BCUT2D eigenvalue weighted by atomic mass is 10.1. The van der Waals surface area contributed by atoms with Crippen LogP contribution < -0.4 is 10.7 Å². The van der Waals surface area contributed by atoms with Crippen molar-refractivity contribution in [3.63, 3.8) is 0 Å². The summed E-state index contributed by atoms with van der Waals surface area (Å²) >= 11 is 2.19. The van der Waals surface area contributed by atoms with E-state index < -0.39 is 11.8 Å². The third kappa shape index (κ3) is 4.88. The Kier molecular flexibility index (Phi) is 5.86. The summed E-state index contributed by atoms with van der Waals surface area (Å²) in [4.78, 5) is 23.6. The van der Waals surface area contributed by atoms with Gasteiger partial charge in [0.1, 0.15) is 0 Å². The molecule has 0 fully saturated rings. The van der Waals surface area contributed by atoms with Crippen LogP contribution in [-0.2, 0) is 9.59 Å². The lowest BCUT2D eigenvalue weighted by Crippen LogP contribution is -2.32. The van der Waals surface area contributed by atoms with Gasteiger partial charge in [0.2, 0.25) is 0 Å². The van der Waals surface area contributed by atoms with Crippen LogP contribution in [0.3, 0.4) is 0 Å². The average Bonchev–Trinajstić information content (AvgIpc) is 2.51. The molecule has 0 spiro atoms. The Balaban J connectivity index is 1.95. The number of aryl methyl sites for hydroxylation is 1. The lowest BCUT2D eigenvalue weighted by molar-refractivity contribution is -0.136. The molecule has 0 bridgehead atoms. The summed E-state index contributed by atoms with van der Waals surface area (Å²) < 4.78 is 1.06. The number of hydrazone groups is 1. The first-order chi connectivity index (χ1) is 11.0. The van der Waals surface area contributed by atoms with Crippen molar-refractivity contribution < 1.29 is 9.59 Å². The van der Waals surface area contributed by atoms with E-state index in [9.17, 15) is 9.59 Å². The van der Waals surface area contributed by atoms with Crippen LogP contribution in [-0.4, -0.2) is 18.0 Å². The molecule has 2 rings (SSSR count). The number of hydrogen-bond donors (Lipinski definition) is 2. The summed E-state index contributed by atoms with van der Waals surface area (Å²) in [5.41, 5.74) is 5.65. The van der Waals surface area contributed by atoms with Gasteiger partial charge >= 0.3 is 11.8 Å². The van der Waals surface area contributed by atoms with Crippen molar-refractivity contribution in [1.82, 2.24) is 5.43 Å². The van der Waals surface area contributed by atoms with Crippen LogP contribution in [0.5, 0.6) is 0 Å². The van der Waals surface area contributed by atoms with Crippen molar-refractivity contribution in [2.75, 3.05) is 5.32 Å². The fourth-order valence-electron chi connectivity index (χ4n) is 1.87. The van der Waals surface area contributed by atoms with Gasteiger partial charge in [-0.05, 0) is 71.3 Å². The molecule has 0 aliphatic rings. The zero-order valence-electron chi connectivity index (χ0n) is 12.8. The average molecular weight is 421 g/mol. The first kappa shape index (κ1) is 17.1. The Morgan fingerprint density at radius 2 is 1.83 bits per heavy atom. The van der Waals surface area contributed by atoms with Gasteiger partial charge in [0, 0.05) is 9.26 Å². The molecule has 0 aliphatic heterocycles. The normalized spacial score (nSPS) is 10.6. The van der Waals surface area contributed by atoms with Crippen molar-refractivity contribution in [2.45, 2.75) is 13.8 Å². The first-order valence-electron chi connectivity index (χ1n) is 6.93. The quantitative estimate of drug-likeness (QED) is 0.346. The summed E-state index contributed by atoms with van der Waals surface area (Å²) in [5.74, 6) is -1.56. The number of benzene rings is 2. The molecule has 0 unspecified atom stereocenters. The van der Waals surface area contributed by atoms with Crippen LogP contribution in [0.2, 0.25) is 0 Å². The minimum absolute atomic E-state index is 0.617. The van der Waals surface area contributed by atoms with Crippen LogP contribution in [0, 0.1) is 17.4 Å². The van der Waals surface area contributed by atoms with Crippen LogP contribution in [0.1, 0.15) is 16.7 Å². The topological polar surface area (TPSA) is 70.6 Å². The van der Waals surface area contributed by atoms with Gasteiger partial charge in [-0.25, -0.2) is 5.43 Å². The minimum Gasteiger partial charge on any atom is -0.317 e. The molecule has 0 aromatic heterocycles.